The Hall–Kier alpha value is -0.160. The molecule has 0 N–H and O–H groups in total. The van der Waals surface area contributed by atoms with Crippen molar-refractivity contribution in [3.05, 3.63) is 0 Å². The zero-order valence-electron chi connectivity index (χ0n) is 11.5. The zero-order valence-corrected chi connectivity index (χ0v) is 11.5. The van der Waals surface area contributed by atoms with Gasteiger partial charge in [-0.15, -0.1) is 0 Å². The Morgan fingerprint density at radius 3 is 1.12 bits per heavy atom. The lowest BCUT2D eigenvalue weighted by molar-refractivity contribution is -0.206. The number of hydrogen-bond acceptors (Lipinski definition) is 4. The van der Waals surface area contributed by atoms with Gasteiger partial charge in [-0.25, -0.2) is 4.90 Å². The van der Waals surface area contributed by atoms with Crippen LogP contribution in [0.4, 0.5) is 0 Å². The molecule has 16 heavy (non-hydrogen) atoms. The molecule has 0 aromatic rings. The van der Waals surface area contributed by atoms with Crippen molar-refractivity contribution in [2.24, 2.45) is 0 Å². The number of rotatable bonds is 9. The SMILES string of the molecule is CCOC(C)N(C(C)OCC)C(C)OCC. The van der Waals surface area contributed by atoms with Crippen molar-refractivity contribution >= 4 is 0 Å². The highest BCUT2D eigenvalue weighted by Gasteiger charge is 2.26. The van der Waals surface area contributed by atoms with Crippen molar-refractivity contribution < 1.29 is 14.2 Å². The van der Waals surface area contributed by atoms with Crippen LogP contribution >= 0.6 is 0 Å². The van der Waals surface area contributed by atoms with Gasteiger partial charge >= 0.3 is 0 Å². The molecule has 0 heterocycles. The first-order chi connectivity index (χ1) is 7.58. The standard InChI is InChI=1S/C12H27NO3/c1-7-14-10(4)13(11(5)15-8-2)12(6)16-9-3/h10-12H,7-9H2,1-6H3. The van der Waals surface area contributed by atoms with E-state index in [2.05, 4.69) is 4.90 Å². The molecule has 4 nitrogen and oxygen atoms in total. The van der Waals surface area contributed by atoms with Crippen LogP contribution in [-0.2, 0) is 14.2 Å². The second-order valence-electron chi connectivity index (χ2n) is 3.61. The average molecular weight is 233 g/mol. The number of nitrogens with zero attached hydrogens (tertiary/aromatic N) is 1. The number of hydrogen-bond donors (Lipinski definition) is 0. The van der Waals surface area contributed by atoms with E-state index in [0.717, 1.165) is 0 Å². The van der Waals surface area contributed by atoms with E-state index < -0.39 is 0 Å². The van der Waals surface area contributed by atoms with Crippen molar-refractivity contribution in [2.75, 3.05) is 19.8 Å². The van der Waals surface area contributed by atoms with E-state index in [4.69, 9.17) is 14.2 Å². The zero-order chi connectivity index (χ0) is 12.6. The highest BCUT2D eigenvalue weighted by molar-refractivity contribution is 4.64. The van der Waals surface area contributed by atoms with Gasteiger partial charge in [0.05, 0.1) is 0 Å². The van der Waals surface area contributed by atoms with Gasteiger partial charge in [-0.1, -0.05) is 0 Å². The third-order valence-corrected chi connectivity index (χ3v) is 2.48. The third kappa shape index (κ3) is 5.25. The Bertz CT molecular complexity index is 138. The van der Waals surface area contributed by atoms with E-state index in [1.807, 2.05) is 41.5 Å². The smallest absolute Gasteiger partial charge is 0.111 e. The molecule has 0 rings (SSSR count). The third-order valence-electron chi connectivity index (χ3n) is 2.48. The van der Waals surface area contributed by atoms with E-state index in [1.54, 1.807) is 0 Å². The van der Waals surface area contributed by atoms with Crippen LogP contribution in [0.1, 0.15) is 41.5 Å². The Balaban J connectivity index is 4.47. The summed E-state index contributed by atoms with van der Waals surface area (Å²) in [5, 5.41) is 0. The minimum atomic E-state index is -0.00639. The summed E-state index contributed by atoms with van der Waals surface area (Å²) in [4.78, 5) is 2.09. The summed E-state index contributed by atoms with van der Waals surface area (Å²) < 4.78 is 16.8. The van der Waals surface area contributed by atoms with Gasteiger partial charge in [-0.2, -0.15) is 0 Å². The minimum absolute atomic E-state index is 0.00639. The maximum atomic E-state index is 5.60. The molecule has 0 saturated heterocycles. The first-order valence-electron chi connectivity index (χ1n) is 6.20. The summed E-state index contributed by atoms with van der Waals surface area (Å²) in [6, 6.07) is 0. The first kappa shape index (κ1) is 15.8. The molecule has 3 atom stereocenters. The topological polar surface area (TPSA) is 30.9 Å². The molecule has 0 amide bonds. The molecule has 3 unspecified atom stereocenters. The molecular formula is C12H27NO3. The molecule has 0 fully saturated rings. The molecule has 0 spiro atoms. The highest BCUT2D eigenvalue weighted by atomic mass is 16.6. The molecule has 0 aliphatic heterocycles. The fourth-order valence-electron chi connectivity index (χ4n) is 1.87. The van der Waals surface area contributed by atoms with Crippen LogP contribution < -0.4 is 0 Å². The first-order valence-corrected chi connectivity index (χ1v) is 6.20. The van der Waals surface area contributed by atoms with Gasteiger partial charge in [0.25, 0.3) is 0 Å². The van der Waals surface area contributed by atoms with E-state index in [9.17, 15) is 0 Å². The second kappa shape index (κ2) is 8.93. The van der Waals surface area contributed by atoms with E-state index in [1.165, 1.54) is 0 Å². The molecule has 0 aromatic carbocycles. The molecule has 0 aromatic heterocycles. The van der Waals surface area contributed by atoms with Crippen LogP contribution in [0.15, 0.2) is 0 Å². The van der Waals surface area contributed by atoms with Crippen LogP contribution in [0.3, 0.4) is 0 Å². The van der Waals surface area contributed by atoms with Gasteiger partial charge in [-0.3, -0.25) is 0 Å². The van der Waals surface area contributed by atoms with E-state index >= 15 is 0 Å². The summed E-state index contributed by atoms with van der Waals surface area (Å²) >= 11 is 0. The lowest BCUT2D eigenvalue weighted by Crippen LogP contribution is -2.49. The molecule has 98 valence electrons. The predicted octanol–water partition coefficient (Wildman–Crippen LogP) is 2.44. The fraction of sp³-hybridized carbons (Fsp3) is 1.00. The van der Waals surface area contributed by atoms with Gasteiger partial charge in [0.2, 0.25) is 0 Å². The predicted molar refractivity (Wildman–Crippen MR) is 65.1 cm³/mol. The molecular weight excluding hydrogens is 206 g/mol. The molecule has 0 bridgehead atoms. The summed E-state index contributed by atoms with van der Waals surface area (Å²) in [5.74, 6) is 0. The Labute approximate surface area is 99.9 Å². The summed E-state index contributed by atoms with van der Waals surface area (Å²) in [5.41, 5.74) is 0. The fourth-order valence-corrected chi connectivity index (χ4v) is 1.87. The number of ether oxygens (including phenoxy) is 3. The van der Waals surface area contributed by atoms with Crippen LogP contribution in [-0.4, -0.2) is 43.4 Å². The normalized spacial score (nSPS) is 17.4. The Kier molecular flexibility index (Phi) is 8.84. The van der Waals surface area contributed by atoms with Crippen molar-refractivity contribution in [3.8, 4) is 0 Å². The van der Waals surface area contributed by atoms with Crippen LogP contribution in [0.2, 0.25) is 0 Å². The highest BCUT2D eigenvalue weighted by Crippen LogP contribution is 2.14. The molecule has 0 radical (unpaired) electrons. The van der Waals surface area contributed by atoms with Crippen molar-refractivity contribution in [2.45, 2.75) is 60.2 Å². The average Bonchev–Trinajstić information content (AvgIpc) is 2.19. The van der Waals surface area contributed by atoms with Crippen molar-refractivity contribution in [3.63, 3.8) is 0 Å². The summed E-state index contributed by atoms with van der Waals surface area (Å²) in [7, 11) is 0. The van der Waals surface area contributed by atoms with Crippen LogP contribution in [0.5, 0.6) is 0 Å². The van der Waals surface area contributed by atoms with Crippen molar-refractivity contribution in [1.29, 1.82) is 0 Å². The summed E-state index contributed by atoms with van der Waals surface area (Å²) in [6.45, 7) is 14.1. The van der Waals surface area contributed by atoms with E-state index in [-0.39, 0.29) is 18.7 Å². The van der Waals surface area contributed by atoms with Gasteiger partial charge < -0.3 is 14.2 Å². The van der Waals surface area contributed by atoms with Crippen LogP contribution in [0, 0.1) is 0 Å². The molecule has 0 saturated carbocycles. The summed E-state index contributed by atoms with van der Waals surface area (Å²) in [6.07, 6.45) is -0.0192. The second-order valence-corrected chi connectivity index (χ2v) is 3.61. The Morgan fingerprint density at radius 2 is 0.938 bits per heavy atom. The van der Waals surface area contributed by atoms with Gasteiger partial charge in [0.1, 0.15) is 18.7 Å². The lowest BCUT2D eigenvalue weighted by Gasteiger charge is -2.37. The van der Waals surface area contributed by atoms with E-state index in [0.29, 0.717) is 19.8 Å². The van der Waals surface area contributed by atoms with Gasteiger partial charge in [-0.05, 0) is 41.5 Å². The van der Waals surface area contributed by atoms with Crippen LogP contribution in [0.25, 0.3) is 0 Å². The van der Waals surface area contributed by atoms with Gasteiger partial charge in [0, 0.05) is 19.8 Å². The maximum Gasteiger partial charge on any atom is 0.111 e. The molecule has 4 heteroatoms. The lowest BCUT2D eigenvalue weighted by atomic mass is 10.4. The maximum absolute atomic E-state index is 5.60. The largest absolute Gasteiger partial charge is 0.364 e. The Morgan fingerprint density at radius 1 is 0.688 bits per heavy atom. The van der Waals surface area contributed by atoms with Crippen molar-refractivity contribution in [1.82, 2.24) is 4.90 Å². The quantitative estimate of drug-likeness (QED) is 0.572. The molecule has 0 aliphatic carbocycles. The van der Waals surface area contributed by atoms with Gasteiger partial charge in [0.15, 0.2) is 0 Å². The monoisotopic (exact) mass is 233 g/mol. The molecule has 0 aliphatic rings. The minimum Gasteiger partial charge on any atom is -0.364 e.